The number of carbonyl (C=O) groups excluding carboxylic acids is 2. The van der Waals surface area contributed by atoms with Crippen LogP contribution in [0.1, 0.15) is 26.3 Å². The summed E-state index contributed by atoms with van der Waals surface area (Å²) < 4.78 is 18.4. The fourth-order valence-electron chi connectivity index (χ4n) is 1.49. The molecule has 0 spiro atoms. The Kier molecular flexibility index (Phi) is 5.96. The van der Waals surface area contributed by atoms with Crippen molar-refractivity contribution in [3.63, 3.8) is 0 Å². The number of amides is 2. The maximum absolute atomic E-state index is 13.3. The van der Waals surface area contributed by atoms with Crippen LogP contribution in [0.3, 0.4) is 0 Å². The third-order valence-corrected chi connectivity index (χ3v) is 2.54. The van der Waals surface area contributed by atoms with Gasteiger partial charge in [0.15, 0.2) is 0 Å². The van der Waals surface area contributed by atoms with E-state index in [0.717, 1.165) is 0 Å². The van der Waals surface area contributed by atoms with E-state index >= 15 is 0 Å². The van der Waals surface area contributed by atoms with Gasteiger partial charge in [-0.2, -0.15) is 0 Å². The predicted octanol–water partition coefficient (Wildman–Crippen LogP) is 3.03. The van der Waals surface area contributed by atoms with Crippen molar-refractivity contribution in [2.24, 2.45) is 0 Å². The number of hydrogen-bond donors (Lipinski definition) is 2. The maximum atomic E-state index is 13.3. The van der Waals surface area contributed by atoms with E-state index in [9.17, 15) is 14.0 Å². The van der Waals surface area contributed by atoms with E-state index in [2.05, 4.69) is 10.6 Å². The second-order valence-corrected chi connectivity index (χ2v) is 5.61. The molecule has 1 rings (SSSR count). The van der Waals surface area contributed by atoms with Crippen LogP contribution in [-0.4, -0.2) is 23.5 Å². The third kappa shape index (κ3) is 6.44. The van der Waals surface area contributed by atoms with Gasteiger partial charge in [-0.3, -0.25) is 10.1 Å². The molecular formula is C14H18ClFN2O3. The van der Waals surface area contributed by atoms with Crippen LogP contribution < -0.4 is 10.6 Å². The van der Waals surface area contributed by atoms with Crippen LogP contribution in [0.5, 0.6) is 0 Å². The van der Waals surface area contributed by atoms with Gasteiger partial charge in [-0.15, -0.1) is 11.6 Å². The number of hydrogen-bond acceptors (Lipinski definition) is 3. The highest BCUT2D eigenvalue weighted by atomic mass is 35.5. The van der Waals surface area contributed by atoms with E-state index in [1.165, 1.54) is 18.2 Å². The van der Waals surface area contributed by atoms with Crippen LogP contribution >= 0.6 is 11.6 Å². The second kappa shape index (κ2) is 7.26. The highest BCUT2D eigenvalue weighted by molar-refractivity contribution is 6.27. The lowest BCUT2D eigenvalue weighted by Crippen LogP contribution is -2.28. The summed E-state index contributed by atoms with van der Waals surface area (Å²) in [7, 11) is 0. The first-order valence-corrected chi connectivity index (χ1v) is 6.86. The zero-order valence-corrected chi connectivity index (χ0v) is 12.9. The molecule has 0 aliphatic rings. The van der Waals surface area contributed by atoms with Crippen LogP contribution in [0.25, 0.3) is 0 Å². The molecule has 0 atom stereocenters. The van der Waals surface area contributed by atoms with Crippen molar-refractivity contribution < 1.29 is 18.7 Å². The normalized spacial score (nSPS) is 10.9. The van der Waals surface area contributed by atoms with Crippen molar-refractivity contribution >= 4 is 29.3 Å². The molecule has 2 amide bonds. The van der Waals surface area contributed by atoms with Crippen LogP contribution in [0.2, 0.25) is 0 Å². The first-order chi connectivity index (χ1) is 9.71. The monoisotopic (exact) mass is 316 g/mol. The average Bonchev–Trinajstić information content (AvgIpc) is 2.36. The molecule has 1 aromatic rings. The number of alkyl halides is 1. The fourth-order valence-corrected chi connectivity index (χ4v) is 1.58. The number of benzene rings is 1. The largest absolute Gasteiger partial charge is 0.444 e. The average molecular weight is 317 g/mol. The van der Waals surface area contributed by atoms with Crippen molar-refractivity contribution in [3.8, 4) is 0 Å². The molecule has 0 heterocycles. The van der Waals surface area contributed by atoms with Crippen molar-refractivity contribution in [2.45, 2.75) is 32.9 Å². The van der Waals surface area contributed by atoms with E-state index in [1.54, 1.807) is 20.8 Å². The van der Waals surface area contributed by atoms with Gasteiger partial charge in [0.1, 0.15) is 17.3 Å². The fraction of sp³-hybridized carbons (Fsp3) is 0.429. The van der Waals surface area contributed by atoms with Gasteiger partial charge in [0.2, 0.25) is 5.91 Å². The molecule has 0 fully saturated rings. The maximum Gasteiger partial charge on any atom is 0.412 e. The summed E-state index contributed by atoms with van der Waals surface area (Å²) in [6.45, 7) is 5.25. The van der Waals surface area contributed by atoms with Gasteiger partial charge in [0, 0.05) is 12.2 Å². The van der Waals surface area contributed by atoms with Crippen molar-refractivity contribution in [1.29, 1.82) is 0 Å². The molecule has 2 N–H and O–H groups in total. The topological polar surface area (TPSA) is 67.4 Å². The number of nitrogens with one attached hydrogen (secondary N) is 2. The standard InChI is InChI=1S/C14H18ClFN2O3/c1-14(2,3)21-13(20)18-11-5-4-10(16)6-9(11)8-17-12(19)7-15/h4-6H,7-8H2,1-3H3,(H,17,19)(H,18,20). The minimum Gasteiger partial charge on any atom is -0.444 e. The van der Waals surface area contributed by atoms with Crippen LogP contribution in [-0.2, 0) is 16.1 Å². The third-order valence-electron chi connectivity index (χ3n) is 2.30. The molecule has 0 radical (unpaired) electrons. The Morgan fingerprint density at radius 1 is 1.33 bits per heavy atom. The highest BCUT2D eigenvalue weighted by Gasteiger charge is 2.17. The first-order valence-electron chi connectivity index (χ1n) is 6.32. The van der Waals surface area contributed by atoms with E-state index in [4.69, 9.17) is 16.3 Å². The molecule has 0 aliphatic heterocycles. The van der Waals surface area contributed by atoms with E-state index < -0.39 is 17.5 Å². The molecule has 1 aromatic carbocycles. The quantitative estimate of drug-likeness (QED) is 0.839. The first kappa shape index (κ1) is 17.2. The Balaban J connectivity index is 2.81. The molecule has 0 aromatic heterocycles. The van der Waals surface area contributed by atoms with E-state index in [0.29, 0.717) is 11.3 Å². The Morgan fingerprint density at radius 3 is 2.57 bits per heavy atom. The van der Waals surface area contributed by atoms with Gasteiger partial charge in [0.05, 0.1) is 0 Å². The van der Waals surface area contributed by atoms with Crippen molar-refractivity contribution in [2.75, 3.05) is 11.2 Å². The summed E-state index contributed by atoms with van der Waals surface area (Å²) in [5.41, 5.74) is 0.136. The number of ether oxygens (including phenoxy) is 1. The molecule has 5 nitrogen and oxygen atoms in total. The summed E-state index contributed by atoms with van der Waals surface area (Å²) in [5.74, 6) is -1.05. The molecule has 116 valence electrons. The van der Waals surface area contributed by atoms with Gasteiger partial charge in [-0.05, 0) is 44.5 Å². The molecule has 0 saturated carbocycles. The van der Waals surface area contributed by atoms with E-state index in [1.807, 2.05) is 0 Å². The van der Waals surface area contributed by atoms with Gasteiger partial charge in [0.25, 0.3) is 0 Å². The minimum atomic E-state index is -0.654. The minimum absolute atomic E-state index is 0.0500. The summed E-state index contributed by atoms with van der Waals surface area (Å²) in [6.07, 6.45) is -0.654. The molecule has 0 aliphatic carbocycles. The van der Waals surface area contributed by atoms with Crippen LogP contribution in [0.15, 0.2) is 18.2 Å². The van der Waals surface area contributed by atoms with Crippen LogP contribution in [0, 0.1) is 5.82 Å². The lowest BCUT2D eigenvalue weighted by molar-refractivity contribution is -0.118. The lowest BCUT2D eigenvalue weighted by atomic mass is 10.1. The Hall–Kier alpha value is -1.82. The van der Waals surface area contributed by atoms with Crippen molar-refractivity contribution in [3.05, 3.63) is 29.6 Å². The Bertz CT molecular complexity index is 529. The van der Waals surface area contributed by atoms with Crippen LogP contribution in [0.4, 0.5) is 14.9 Å². The number of anilines is 1. The molecule has 0 unspecified atom stereocenters. The SMILES string of the molecule is CC(C)(C)OC(=O)Nc1ccc(F)cc1CNC(=O)CCl. The molecule has 0 bridgehead atoms. The highest BCUT2D eigenvalue weighted by Crippen LogP contribution is 2.18. The molecule has 21 heavy (non-hydrogen) atoms. The number of rotatable bonds is 4. The second-order valence-electron chi connectivity index (χ2n) is 5.34. The zero-order chi connectivity index (χ0) is 16.0. The van der Waals surface area contributed by atoms with Gasteiger partial charge >= 0.3 is 6.09 Å². The molecule has 7 heteroatoms. The van der Waals surface area contributed by atoms with Crippen molar-refractivity contribution in [1.82, 2.24) is 5.32 Å². The summed E-state index contributed by atoms with van der Waals surface area (Å²) in [5, 5.41) is 5.03. The lowest BCUT2D eigenvalue weighted by Gasteiger charge is -2.20. The summed E-state index contributed by atoms with van der Waals surface area (Å²) >= 11 is 5.37. The Labute approximate surface area is 127 Å². The van der Waals surface area contributed by atoms with Gasteiger partial charge < -0.3 is 10.1 Å². The molecular weight excluding hydrogens is 299 g/mol. The molecule has 0 saturated heterocycles. The number of halogens is 2. The summed E-state index contributed by atoms with van der Waals surface area (Å²) in [6, 6.07) is 3.84. The zero-order valence-electron chi connectivity index (χ0n) is 12.1. The van der Waals surface area contributed by atoms with Gasteiger partial charge in [-0.25, -0.2) is 9.18 Å². The number of carbonyl (C=O) groups is 2. The predicted molar refractivity (Wildman–Crippen MR) is 78.8 cm³/mol. The Morgan fingerprint density at radius 2 is 2.00 bits per heavy atom. The smallest absolute Gasteiger partial charge is 0.412 e. The van der Waals surface area contributed by atoms with Gasteiger partial charge in [-0.1, -0.05) is 0 Å². The summed E-state index contributed by atoms with van der Waals surface area (Å²) in [4.78, 5) is 22.9. The van der Waals surface area contributed by atoms with E-state index in [-0.39, 0.29) is 18.3 Å².